The van der Waals surface area contributed by atoms with Crippen LogP contribution < -0.4 is 15.9 Å². The molecule has 0 atom stereocenters. The smallest absolute Gasteiger partial charge is 0.146 e. The van der Waals surface area contributed by atoms with E-state index >= 15 is 0 Å². The Kier molecular flexibility index (Phi) is 4.90. The molecule has 8 heteroatoms. The lowest BCUT2D eigenvalue weighted by molar-refractivity contribution is 0.587. The van der Waals surface area contributed by atoms with E-state index in [1.807, 2.05) is 54.6 Å². The Hall–Kier alpha value is -2.18. The summed E-state index contributed by atoms with van der Waals surface area (Å²) in [6.45, 7) is 10.6. The molecule has 0 radical (unpaired) electrons. The number of aromatic nitrogens is 2. The highest BCUT2D eigenvalue weighted by atomic mass is 31.2. The molecule has 0 unspecified atom stereocenters. The lowest BCUT2D eigenvalue weighted by atomic mass is 10.1. The predicted octanol–water partition coefficient (Wildman–Crippen LogP) is 5.54. The Morgan fingerprint density at radius 2 is 1.09 bits per heavy atom. The topological polar surface area (TPSA) is 68.5 Å². The second kappa shape index (κ2) is 7.16. The van der Waals surface area contributed by atoms with Gasteiger partial charge in [-0.25, -0.2) is 4.98 Å². The van der Waals surface area contributed by atoms with Gasteiger partial charge in [-0.15, -0.1) is 0 Å². The van der Waals surface area contributed by atoms with E-state index < -0.39 is 21.4 Å². The van der Waals surface area contributed by atoms with Crippen molar-refractivity contribution < 1.29 is 13.7 Å². The predicted molar refractivity (Wildman–Crippen MR) is 145 cm³/mol. The zero-order valence-corrected chi connectivity index (χ0v) is 22.3. The van der Waals surface area contributed by atoms with Crippen LogP contribution in [0.25, 0.3) is 38.4 Å². The van der Waals surface area contributed by atoms with Crippen molar-refractivity contribution in [3.05, 3.63) is 54.6 Å². The van der Waals surface area contributed by atoms with Crippen LogP contribution in [0, 0.1) is 0 Å². The first kappa shape index (κ1) is 22.6. The fraction of sp³-hybridized carbons (Fsp3) is 0.240. The van der Waals surface area contributed by atoms with E-state index in [1.54, 1.807) is 40.0 Å². The van der Waals surface area contributed by atoms with Gasteiger partial charge < -0.3 is 13.7 Å². The molecule has 170 valence electrons. The van der Waals surface area contributed by atoms with Gasteiger partial charge in [0, 0.05) is 26.7 Å². The first-order valence-corrected chi connectivity index (χ1v) is 18.5. The Morgan fingerprint density at radius 3 is 1.70 bits per heavy atom. The van der Waals surface area contributed by atoms with Gasteiger partial charge in [-0.1, -0.05) is 12.1 Å². The van der Waals surface area contributed by atoms with Crippen LogP contribution in [0.15, 0.2) is 54.6 Å². The second-order valence-corrected chi connectivity index (χ2v) is 19.6. The summed E-state index contributed by atoms with van der Waals surface area (Å²) in [7, 11) is -7.41. The molecule has 0 aliphatic rings. The van der Waals surface area contributed by atoms with E-state index in [9.17, 15) is 13.7 Å². The normalized spacial score (nSPS) is 13.5. The van der Waals surface area contributed by atoms with Crippen LogP contribution in [0.1, 0.15) is 0 Å². The van der Waals surface area contributed by atoms with Crippen LogP contribution in [0.4, 0.5) is 0 Å². The maximum Gasteiger partial charge on any atom is 0.146 e. The zero-order valence-electron chi connectivity index (χ0n) is 19.7. The molecule has 33 heavy (non-hydrogen) atoms. The molecule has 0 saturated heterocycles. The van der Waals surface area contributed by atoms with Crippen LogP contribution in [0.3, 0.4) is 0 Å². The van der Waals surface area contributed by atoms with Gasteiger partial charge in [0.05, 0.1) is 16.6 Å². The molecule has 0 spiro atoms. The molecule has 0 aliphatic heterocycles. The van der Waals surface area contributed by atoms with Crippen molar-refractivity contribution in [2.45, 2.75) is 0 Å². The van der Waals surface area contributed by atoms with Gasteiger partial charge in [-0.05, 0) is 87.8 Å². The van der Waals surface area contributed by atoms with Crippen molar-refractivity contribution in [2.75, 3.05) is 40.0 Å². The minimum atomic E-state index is -2.48. The molecule has 0 saturated carbocycles. The number of nitrogens with zero attached hydrogens (tertiary/aromatic N) is 2. The number of hydrogen-bond acceptors (Lipinski definition) is 4. The van der Waals surface area contributed by atoms with Crippen LogP contribution >= 0.6 is 21.4 Å². The van der Waals surface area contributed by atoms with Gasteiger partial charge in [0.15, 0.2) is 0 Å². The standard InChI is InChI=1S/C25H27N2O3P3/c1-31(2,28)16-7-10-19-20-13-17(32(3,4)29)9-12-23(20)27-24-15-18(33(5,6)30)8-11-22(24)26-25(27)21(19)14-16/h7-15H,1-6H3. The third-order valence-corrected chi connectivity index (χ3v) is 10.8. The van der Waals surface area contributed by atoms with E-state index in [-0.39, 0.29) is 0 Å². The Morgan fingerprint density at radius 1 is 0.576 bits per heavy atom. The molecule has 5 aromatic rings. The average molecular weight is 496 g/mol. The van der Waals surface area contributed by atoms with E-state index in [1.165, 1.54) is 0 Å². The average Bonchev–Trinajstić information content (AvgIpc) is 3.10. The molecular weight excluding hydrogens is 469 g/mol. The Labute approximate surface area is 193 Å². The molecule has 2 aromatic heterocycles. The summed E-state index contributed by atoms with van der Waals surface area (Å²) < 4.78 is 40.7. The van der Waals surface area contributed by atoms with Crippen LogP contribution in [0.5, 0.6) is 0 Å². The summed E-state index contributed by atoms with van der Waals surface area (Å²) >= 11 is 0. The highest BCUT2D eigenvalue weighted by Gasteiger charge is 2.21. The summed E-state index contributed by atoms with van der Waals surface area (Å²) in [5, 5.41) is 5.26. The minimum absolute atomic E-state index is 0.769. The fourth-order valence-electron chi connectivity index (χ4n) is 4.38. The van der Waals surface area contributed by atoms with Gasteiger partial charge in [0.1, 0.15) is 27.1 Å². The van der Waals surface area contributed by atoms with Gasteiger partial charge in [-0.2, -0.15) is 0 Å². The summed E-state index contributed by atoms with van der Waals surface area (Å²) in [5.74, 6) is 0. The monoisotopic (exact) mass is 496 g/mol. The van der Waals surface area contributed by atoms with Crippen molar-refractivity contribution in [3.63, 3.8) is 0 Å². The molecule has 3 aromatic carbocycles. The quantitative estimate of drug-likeness (QED) is 0.243. The van der Waals surface area contributed by atoms with E-state index in [4.69, 9.17) is 4.98 Å². The molecule has 0 aliphatic carbocycles. The van der Waals surface area contributed by atoms with E-state index in [2.05, 4.69) is 4.40 Å². The van der Waals surface area contributed by atoms with Crippen LogP contribution in [-0.4, -0.2) is 49.4 Å². The number of hydrogen-bond donors (Lipinski definition) is 0. The summed E-state index contributed by atoms with van der Waals surface area (Å²) in [5.41, 5.74) is 3.40. The van der Waals surface area contributed by atoms with Crippen molar-refractivity contribution in [1.29, 1.82) is 0 Å². The van der Waals surface area contributed by atoms with E-state index in [0.717, 1.165) is 54.3 Å². The van der Waals surface area contributed by atoms with Gasteiger partial charge in [0.2, 0.25) is 0 Å². The van der Waals surface area contributed by atoms with E-state index in [0.29, 0.717) is 0 Å². The van der Waals surface area contributed by atoms with Crippen LogP contribution in [0.2, 0.25) is 0 Å². The highest BCUT2D eigenvalue weighted by molar-refractivity contribution is 7.70. The van der Waals surface area contributed by atoms with Crippen molar-refractivity contribution in [3.8, 4) is 0 Å². The molecule has 0 fully saturated rings. The largest absolute Gasteiger partial charge is 0.319 e. The van der Waals surface area contributed by atoms with Crippen molar-refractivity contribution in [2.24, 2.45) is 0 Å². The van der Waals surface area contributed by atoms with Crippen molar-refractivity contribution >= 4 is 75.7 Å². The number of pyridine rings is 1. The van der Waals surface area contributed by atoms with Gasteiger partial charge in [-0.3, -0.25) is 4.40 Å². The highest BCUT2D eigenvalue weighted by Crippen LogP contribution is 2.41. The van der Waals surface area contributed by atoms with Crippen molar-refractivity contribution in [1.82, 2.24) is 9.38 Å². The zero-order chi connectivity index (χ0) is 23.9. The van der Waals surface area contributed by atoms with Crippen LogP contribution in [-0.2, 0) is 13.7 Å². The maximum atomic E-state index is 12.9. The Balaban J connectivity index is 2.05. The number of benzene rings is 3. The Bertz CT molecular complexity index is 1770. The second-order valence-electron chi connectivity index (χ2n) is 9.93. The molecule has 5 nitrogen and oxygen atoms in total. The summed E-state index contributed by atoms with van der Waals surface area (Å²) in [4.78, 5) is 4.94. The number of rotatable bonds is 3. The number of fused-ring (bicyclic) bond motifs is 8. The SMILES string of the molecule is CP(C)(=O)c1ccc2c(c1)c1ccc(P(C)(C)=O)cc1c1nc3ccc(P(C)(C)=O)cc3n21. The third-order valence-electron chi connectivity index (χ3n) is 6.26. The summed E-state index contributed by atoms with van der Waals surface area (Å²) in [6, 6.07) is 17.6. The molecule has 0 N–H and O–H groups in total. The fourth-order valence-corrected chi connectivity index (χ4v) is 6.99. The molecule has 0 amide bonds. The lowest BCUT2D eigenvalue weighted by Crippen LogP contribution is -2.06. The summed E-state index contributed by atoms with van der Waals surface area (Å²) in [6.07, 6.45) is 0. The number of imidazole rings is 1. The lowest BCUT2D eigenvalue weighted by Gasteiger charge is -2.15. The van der Waals surface area contributed by atoms with Gasteiger partial charge in [0.25, 0.3) is 0 Å². The first-order valence-electron chi connectivity index (χ1n) is 10.7. The van der Waals surface area contributed by atoms with Gasteiger partial charge >= 0.3 is 0 Å². The maximum absolute atomic E-state index is 12.9. The molecule has 2 heterocycles. The first-order chi connectivity index (χ1) is 15.2. The molecule has 5 rings (SSSR count). The molecule has 0 bridgehead atoms. The third kappa shape index (κ3) is 3.71. The minimum Gasteiger partial charge on any atom is -0.319 e. The molecular formula is C25H27N2O3P3.